The SMILES string of the molecule is N=C(N)c1ccc(N2CCc3ccc(F)cc32)cc1. The molecule has 19 heavy (non-hydrogen) atoms. The second kappa shape index (κ2) is 4.39. The van der Waals surface area contributed by atoms with E-state index in [1.165, 1.54) is 6.07 Å². The van der Waals surface area contributed by atoms with E-state index in [9.17, 15) is 4.39 Å². The third kappa shape index (κ3) is 2.05. The van der Waals surface area contributed by atoms with Crippen molar-refractivity contribution in [2.45, 2.75) is 6.42 Å². The van der Waals surface area contributed by atoms with Gasteiger partial charge in [0.05, 0.1) is 0 Å². The molecule has 0 amide bonds. The molecule has 0 saturated carbocycles. The van der Waals surface area contributed by atoms with Crippen LogP contribution in [0.5, 0.6) is 0 Å². The van der Waals surface area contributed by atoms with E-state index in [1.807, 2.05) is 30.3 Å². The first-order chi connectivity index (χ1) is 9.15. The van der Waals surface area contributed by atoms with Crippen LogP contribution < -0.4 is 10.6 Å². The van der Waals surface area contributed by atoms with Crippen LogP contribution in [0.25, 0.3) is 0 Å². The number of halogens is 1. The lowest BCUT2D eigenvalue weighted by Crippen LogP contribution is -2.14. The Bertz CT molecular complexity index is 634. The summed E-state index contributed by atoms with van der Waals surface area (Å²) in [4.78, 5) is 2.09. The maximum Gasteiger partial charge on any atom is 0.125 e. The number of nitrogens with one attached hydrogen (secondary N) is 1. The molecule has 2 aromatic carbocycles. The average molecular weight is 255 g/mol. The first-order valence-electron chi connectivity index (χ1n) is 6.15. The van der Waals surface area contributed by atoms with E-state index in [2.05, 4.69) is 4.90 Å². The number of anilines is 2. The minimum atomic E-state index is -0.217. The fourth-order valence-corrected chi connectivity index (χ4v) is 2.44. The van der Waals surface area contributed by atoms with Crippen molar-refractivity contribution in [1.29, 1.82) is 5.41 Å². The fourth-order valence-electron chi connectivity index (χ4n) is 2.44. The molecule has 1 heterocycles. The Morgan fingerprint density at radius 3 is 2.58 bits per heavy atom. The number of amidine groups is 1. The Hall–Kier alpha value is -2.36. The number of nitrogens with two attached hydrogens (primary N) is 1. The molecule has 0 bridgehead atoms. The minimum Gasteiger partial charge on any atom is -0.384 e. The second-order valence-corrected chi connectivity index (χ2v) is 4.64. The summed E-state index contributed by atoms with van der Waals surface area (Å²) >= 11 is 0. The van der Waals surface area contributed by atoms with Crippen LogP contribution in [-0.2, 0) is 6.42 Å². The molecule has 3 N–H and O–H groups in total. The van der Waals surface area contributed by atoms with Gasteiger partial charge in [-0.1, -0.05) is 6.07 Å². The van der Waals surface area contributed by atoms with Gasteiger partial charge in [-0.25, -0.2) is 4.39 Å². The molecule has 1 aliphatic heterocycles. The van der Waals surface area contributed by atoms with Crippen LogP contribution in [0.1, 0.15) is 11.1 Å². The lowest BCUT2D eigenvalue weighted by Gasteiger charge is -2.19. The van der Waals surface area contributed by atoms with Crippen molar-refractivity contribution in [2.75, 3.05) is 11.4 Å². The van der Waals surface area contributed by atoms with E-state index in [4.69, 9.17) is 11.1 Å². The zero-order chi connectivity index (χ0) is 13.4. The third-order valence-corrected chi connectivity index (χ3v) is 3.43. The van der Waals surface area contributed by atoms with Gasteiger partial charge in [0.2, 0.25) is 0 Å². The molecule has 96 valence electrons. The monoisotopic (exact) mass is 255 g/mol. The van der Waals surface area contributed by atoms with Crippen LogP contribution in [0.2, 0.25) is 0 Å². The summed E-state index contributed by atoms with van der Waals surface area (Å²) < 4.78 is 13.3. The molecule has 2 aromatic rings. The smallest absolute Gasteiger partial charge is 0.125 e. The summed E-state index contributed by atoms with van der Waals surface area (Å²) in [5.74, 6) is -0.162. The first kappa shape index (κ1) is 11.7. The van der Waals surface area contributed by atoms with Crippen molar-refractivity contribution in [1.82, 2.24) is 0 Å². The number of nitrogens with zero attached hydrogens (tertiary/aromatic N) is 1. The highest BCUT2D eigenvalue weighted by atomic mass is 19.1. The van der Waals surface area contributed by atoms with Crippen molar-refractivity contribution in [2.24, 2.45) is 5.73 Å². The number of fused-ring (bicyclic) bond motifs is 1. The molecule has 4 heteroatoms. The van der Waals surface area contributed by atoms with Gasteiger partial charge >= 0.3 is 0 Å². The molecule has 0 aliphatic carbocycles. The Morgan fingerprint density at radius 1 is 1.16 bits per heavy atom. The molecular formula is C15H14FN3. The average Bonchev–Trinajstić information content (AvgIpc) is 2.81. The van der Waals surface area contributed by atoms with Gasteiger partial charge in [-0.05, 0) is 48.4 Å². The lowest BCUT2D eigenvalue weighted by atomic mass is 10.1. The van der Waals surface area contributed by atoms with Gasteiger partial charge in [-0.15, -0.1) is 0 Å². The van der Waals surface area contributed by atoms with Gasteiger partial charge in [-0.3, -0.25) is 5.41 Å². The molecule has 0 spiro atoms. The number of rotatable bonds is 2. The van der Waals surface area contributed by atoms with Gasteiger partial charge in [0.25, 0.3) is 0 Å². The number of hydrogen-bond acceptors (Lipinski definition) is 2. The van der Waals surface area contributed by atoms with Crippen molar-refractivity contribution in [3.63, 3.8) is 0 Å². The van der Waals surface area contributed by atoms with Crippen LogP contribution in [0, 0.1) is 11.2 Å². The molecule has 0 fully saturated rings. The second-order valence-electron chi connectivity index (χ2n) is 4.64. The van der Waals surface area contributed by atoms with Crippen LogP contribution in [0.4, 0.5) is 15.8 Å². The number of hydrogen-bond donors (Lipinski definition) is 2. The summed E-state index contributed by atoms with van der Waals surface area (Å²) in [6.07, 6.45) is 0.921. The van der Waals surface area contributed by atoms with Crippen LogP contribution in [0.3, 0.4) is 0 Å². The van der Waals surface area contributed by atoms with Crippen molar-refractivity contribution in [3.8, 4) is 0 Å². The van der Waals surface area contributed by atoms with E-state index in [0.717, 1.165) is 29.9 Å². The largest absolute Gasteiger partial charge is 0.384 e. The highest BCUT2D eigenvalue weighted by molar-refractivity contribution is 5.95. The summed E-state index contributed by atoms with van der Waals surface area (Å²) in [6, 6.07) is 12.4. The van der Waals surface area contributed by atoms with E-state index < -0.39 is 0 Å². The summed E-state index contributed by atoms with van der Waals surface area (Å²) in [6.45, 7) is 0.845. The summed E-state index contributed by atoms with van der Waals surface area (Å²) in [5, 5.41) is 7.38. The van der Waals surface area contributed by atoms with E-state index in [0.29, 0.717) is 5.56 Å². The molecule has 0 unspecified atom stereocenters. The van der Waals surface area contributed by atoms with Crippen molar-refractivity contribution < 1.29 is 4.39 Å². The van der Waals surface area contributed by atoms with E-state index in [1.54, 1.807) is 6.07 Å². The molecule has 0 aromatic heterocycles. The Kier molecular flexibility index (Phi) is 2.71. The quantitative estimate of drug-likeness (QED) is 0.640. The van der Waals surface area contributed by atoms with Gasteiger partial charge in [-0.2, -0.15) is 0 Å². The molecule has 1 aliphatic rings. The Labute approximate surface area is 111 Å². The van der Waals surface area contributed by atoms with Crippen molar-refractivity contribution in [3.05, 3.63) is 59.4 Å². The first-order valence-corrected chi connectivity index (χ1v) is 6.15. The van der Waals surface area contributed by atoms with Gasteiger partial charge in [0, 0.05) is 23.5 Å². The molecule has 0 saturated heterocycles. The molecule has 0 atom stereocenters. The molecule has 0 radical (unpaired) electrons. The Balaban J connectivity index is 1.97. The zero-order valence-corrected chi connectivity index (χ0v) is 10.4. The predicted octanol–water partition coefficient (Wildman–Crippen LogP) is 2.80. The summed E-state index contributed by atoms with van der Waals surface area (Å²) in [7, 11) is 0. The van der Waals surface area contributed by atoms with Gasteiger partial charge in [0.15, 0.2) is 0 Å². The maximum absolute atomic E-state index is 13.3. The molecular weight excluding hydrogens is 241 g/mol. The van der Waals surface area contributed by atoms with E-state index in [-0.39, 0.29) is 11.7 Å². The molecule has 3 nitrogen and oxygen atoms in total. The topological polar surface area (TPSA) is 53.1 Å². The fraction of sp³-hybridized carbons (Fsp3) is 0.133. The highest BCUT2D eigenvalue weighted by Gasteiger charge is 2.20. The van der Waals surface area contributed by atoms with Gasteiger partial charge in [0.1, 0.15) is 11.7 Å². The summed E-state index contributed by atoms with van der Waals surface area (Å²) in [5.41, 5.74) is 9.22. The number of nitrogen functional groups attached to an aromatic ring is 1. The Morgan fingerprint density at radius 2 is 1.89 bits per heavy atom. The predicted molar refractivity (Wildman–Crippen MR) is 74.6 cm³/mol. The molecule has 3 rings (SSSR count). The van der Waals surface area contributed by atoms with Crippen LogP contribution >= 0.6 is 0 Å². The maximum atomic E-state index is 13.3. The third-order valence-electron chi connectivity index (χ3n) is 3.43. The van der Waals surface area contributed by atoms with Crippen molar-refractivity contribution >= 4 is 17.2 Å². The number of benzene rings is 2. The van der Waals surface area contributed by atoms with Crippen LogP contribution in [-0.4, -0.2) is 12.4 Å². The van der Waals surface area contributed by atoms with Gasteiger partial charge < -0.3 is 10.6 Å². The highest BCUT2D eigenvalue weighted by Crippen LogP contribution is 2.34. The zero-order valence-electron chi connectivity index (χ0n) is 10.4. The van der Waals surface area contributed by atoms with Crippen LogP contribution in [0.15, 0.2) is 42.5 Å². The normalized spacial score (nSPS) is 13.4. The minimum absolute atomic E-state index is 0.0550. The lowest BCUT2D eigenvalue weighted by molar-refractivity contribution is 0.628. The standard InChI is InChI=1S/C15H14FN3/c16-12-4-1-10-7-8-19(14(10)9-12)13-5-2-11(3-6-13)15(17)18/h1-6,9H,7-8H2,(H3,17,18). The van der Waals surface area contributed by atoms with E-state index >= 15 is 0 Å².